The van der Waals surface area contributed by atoms with Gasteiger partial charge in [-0.1, -0.05) is 17.8 Å². The van der Waals surface area contributed by atoms with Crippen LogP contribution in [0.1, 0.15) is 34.4 Å². The maximum atomic E-state index is 12.8. The second kappa shape index (κ2) is 8.00. The van der Waals surface area contributed by atoms with Gasteiger partial charge in [0.05, 0.1) is 17.6 Å². The molecular weight excluding hydrogens is 360 g/mol. The van der Waals surface area contributed by atoms with Crippen molar-refractivity contribution < 1.29 is 9.21 Å². The third-order valence-electron chi connectivity index (χ3n) is 4.65. The van der Waals surface area contributed by atoms with E-state index in [0.29, 0.717) is 12.3 Å². The van der Waals surface area contributed by atoms with Crippen LogP contribution in [0.25, 0.3) is 11.4 Å². The smallest absolute Gasteiger partial charge is 0.191 e. The fourth-order valence-electron chi connectivity index (χ4n) is 3.20. The van der Waals surface area contributed by atoms with Gasteiger partial charge in [-0.25, -0.2) is 0 Å². The number of hydrogen-bond donors (Lipinski definition) is 0. The highest BCUT2D eigenvalue weighted by Crippen LogP contribution is 2.27. The zero-order valence-electron chi connectivity index (χ0n) is 16.2. The first-order valence-electron chi connectivity index (χ1n) is 8.89. The quantitative estimate of drug-likeness (QED) is 0.326. The second-order valence-corrected chi connectivity index (χ2v) is 7.28. The number of allylic oxidation sites excluding steroid dienone is 1. The van der Waals surface area contributed by atoms with E-state index in [-0.39, 0.29) is 5.78 Å². The summed E-state index contributed by atoms with van der Waals surface area (Å²) in [7, 11) is 0. The number of Topliss-reactive ketones (excluding diaryl/α,β-unsaturated/α-hetero) is 1. The Morgan fingerprint density at radius 1 is 1.30 bits per heavy atom. The maximum absolute atomic E-state index is 12.8. The summed E-state index contributed by atoms with van der Waals surface area (Å²) in [5.74, 6) is 1.98. The highest BCUT2D eigenvalue weighted by atomic mass is 32.2. The predicted octanol–water partition coefficient (Wildman–Crippen LogP) is 4.45. The fourth-order valence-corrected chi connectivity index (χ4v) is 4.08. The maximum Gasteiger partial charge on any atom is 0.191 e. The molecule has 27 heavy (non-hydrogen) atoms. The molecule has 0 aromatic carbocycles. The first-order chi connectivity index (χ1) is 13.0. The molecule has 3 aromatic rings. The number of rotatable bonds is 8. The van der Waals surface area contributed by atoms with Crippen molar-refractivity contribution in [3.63, 3.8) is 0 Å². The van der Waals surface area contributed by atoms with Gasteiger partial charge in [0.1, 0.15) is 5.76 Å². The van der Waals surface area contributed by atoms with Gasteiger partial charge >= 0.3 is 0 Å². The number of carbonyl (C=O) groups is 1. The monoisotopic (exact) mass is 384 g/mol. The summed E-state index contributed by atoms with van der Waals surface area (Å²) in [5.41, 5.74) is 3.73. The molecule has 0 aliphatic heterocycles. The van der Waals surface area contributed by atoms with Gasteiger partial charge in [0.25, 0.3) is 0 Å². The predicted molar refractivity (Wildman–Crippen MR) is 107 cm³/mol. The van der Waals surface area contributed by atoms with Gasteiger partial charge in [-0.2, -0.15) is 0 Å². The summed E-state index contributed by atoms with van der Waals surface area (Å²) in [6, 6.07) is 3.84. The third-order valence-corrected chi connectivity index (χ3v) is 5.62. The molecule has 0 radical (unpaired) electrons. The average molecular weight is 385 g/mol. The Morgan fingerprint density at radius 3 is 2.70 bits per heavy atom. The first kappa shape index (κ1) is 19.2. The molecule has 0 fully saturated rings. The summed E-state index contributed by atoms with van der Waals surface area (Å²) in [6.45, 7) is 13.1. The largest absolute Gasteiger partial charge is 0.469 e. The van der Waals surface area contributed by atoms with E-state index in [4.69, 9.17) is 4.42 Å². The zero-order valence-corrected chi connectivity index (χ0v) is 17.0. The van der Waals surface area contributed by atoms with Crippen LogP contribution in [-0.2, 0) is 13.1 Å². The fraction of sp³-hybridized carbons (Fsp3) is 0.350. The number of hydrogen-bond acceptors (Lipinski definition) is 5. The van der Waals surface area contributed by atoms with Crippen LogP contribution in [0.4, 0.5) is 0 Å². The molecule has 0 aliphatic rings. The summed E-state index contributed by atoms with van der Waals surface area (Å²) in [6.07, 6.45) is 3.49. The van der Waals surface area contributed by atoms with E-state index in [1.54, 1.807) is 6.26 Å². The lowest BCUT2D eigenvalue weighted by Crippen LogP contribution is -2.07. The topological polar surface area (TPSA) is 65.8 Å². The highest BCUT2D eigenvalue weighted by Gasteiger charge is 2.19. The van der Waals surface area contributed by atoms with Crippen LogP contribution in [0, 0.1) is 20.8 Å². The van der Waals surface area contributed by atoms with E-state index >= 15 is 0 Å². The molecule has 142 valence electrons. The molecule has 0 unspecified atom stereocenters. The van der Waals surface area contributed by atoms with Gasteiger partial charge in [0, 0.05) is 30.0 Å². The molecule has 6 nitrogen and oxygen atoms in total. The van der Waals surface area contributed by atoms with Crippen molar-refractivity contribution in [2.75, 3.05) is 5.75 Å². The lowest BCUT2D eigenvalue weighted by Gasteiger charge is -2.07. The molecule has 0 bridgehead atoms. The summed E-state index contributed by atoms with van der Waals surface area (Å²) in [5, 5.41) is 9.33. The number of carbonyl (C=O) groups excluding carboxylic acids is 1. The Hall–Kier alpha value is -2.54. The van der Waals surface area contributed by atoms with E-state index in [0.717, 1.165) is 45.8 Å². The molecule has 0 N–H and O–H groups in total. The van der Waals surface area contributed by atoms with Crippen LogP contribution >= 0.6 is 11.8 Å². The van der Waals surface area contributed by atoms with Crippen LogP contribution < -0.4 is 0 Å². The van der Waals surface area contributed by atoms with E-state index in [2.05, 4.69) is 21.3 Å². The SMILES string of the molecule is C=CCn1c(C)cc(C(=O)CSc2nnc(-c3ccoc3C)n2CC)c1C. The number of furan rings is 1. The molecule has 0 atom stereocenters. The van der Waals surface area contributed by atoms with Crippen molar-refractivity contribution in [1.82, 2.24) is 19.3 Å². The molecular formula is C20H24N4O2S. The van der Waals surface area contributed by atoms with Crippen LogP contribution in [0.5, 0.6) is 0 Å². The van der Waals surface area contributed by atoms with Crippen LogP contribution in [-0.4, -0.2) is 30.9 Å². The minimum Gasteiger partial charge on any atom is -0.469 e. The zero-order chi connectivity index (χ0) is 19.6. The minimum absolute atomic E-state index is 0.0927. The number of aromatic nitrogens is 4. The molecule has 0 saturated heterocycles. The Balaban J connectivity index is 1.79. The van der Waals surface area contributed by atoms with E-state index in [9.17, 15) is 4.79 Å². The van der Waals surface area contributed by atoms with Gasteiger partial charge in [0.15, 0.2) is 16.8 Å². The third kappa shape index (κ3) is 3.64. The van der Waals surface area contributed by atoms with Crippen LogP contribution in [0.2, 0.25) is 0 Å². The minimum atomic E-state index is 0.0927. The van der Waals surface area contributed by atoms with Crippen molar-refractivity contribution in [2.24, 2.45) is 0 Å². The number of aryl methyl sites for hydroxylation is 2. The van der Waals surface area contributed by atoms with E-state index < -0.39 is 0 Å². The number of ketones is 1. The summed E-state index contributed by atoms with van der Waals surface area (Å²) >= 11 is 1.42. The standard InChI is InChI=1S/C20H24N4O2S/c1-6-9-24-13(3)11-17(14(24)4)18(25)12-27-20-22-21-19(23(20)7-2)16-8-10-26-15(16)5/h6,8,10-11H,1,7,9,12H2,2-5H3. The molecule has 0 amide bonds. The van der Waals surface area contributed by atoms with Crippen LogP contribution in [0.3, 0.4) is 0 Å². The lowest BCUT2D eigenvalue weighted by atomic mass is 10.2. The first-order valence-corrected chi connectivity index (χ1v) is 9.87. The van der Waals surface area contributed by atoms with Gasteiger partial charge in [-0.05, 0) is 39.8 Å². The van der Waals surface area contributed by atoms with Crippen molar-refractivity contribution in [3.05, 3.63) is 53.8 Å². The molecule has 3 aromatic heterocycles. The number of nitrogens with zero attached hydrogens (tertiary/aromatic N) is 4. The molecule has 0 aliphatic carbocycles. The average Bonchev–Trinajstić information content (AvgIpc) is 3.32. The Kier molecular flexibility index (Phi) is 5.70. The van der Waals surface area contributed by atoms with Crippen molar-refractivity contribution >= 4 is 17.5 Å². The van der Waals surface area contributed by atoms with E-state index in [1.807, 2.05) is 50.5 Å². The molecule has 7 heteroatoms. The summed E-state index contributed by atoms with van der Waals surface area (Å²) in [4.78, 5) is 12.8. The van der Waals surface area contributed by atoms with Crippen LogP contribution in [0.15, 0.2) is 40.6 Å². The van der Waals surface area contributed by atoms with Crippen molar-refractivity contribution in [3.8, 4) is 11.4 Å². The molecule has 3 heterocycles. The Bertz CT molecular complexity index is 980. The molecule has 3 rings (SSSR count). The summed E-state index contributed by atoms with van der Waals surface area (Å²) < 4.78 is 9.49. The Labute approximate surface area is 163 Å². The van der Waals surface area contributed by atoms with Crippen molar-refractivity contribution in [1.29, 1.82) is 0 Å². The Morgan fingerprint density at radius 2 is 2.07 bits per heavy atom. The normalized spacial score (nSPS) is 11.1. The van der Waals surface area contributed by atoms with Crippen molar-refractivity contribution in [2.45, 2.75) is 45.9 Å². The van der Waals surface area contributed by atoms with Gasteiger partial charge in [-0.3, -0.25) is 4.79 Å². The number of thioether (sulfide) groups is 1. The van der Waals surface area contributed by atoms with Gasteiger partial charge in [0.2, 0.25) is 0 Å². The highest BCUT2D eigenvalue weighted by molar-refractivity contribution is 7.99. The molecule has 0 spiro atoms. The van der Waals surface area contributed by atoms with Gasteiger partial charge < -0.3 is 13.6 Å². The second-order valence-electron chi connectivity index (χ2n) is 6.34. The molecule has 0 saturated carbocycles. The lowest BCUT2D eigenvalue weighted by molar-refractivity contribution is 0.102. The van der Waals surface area contributed by atoms with Gasteiger partial charge in [-0.15, -0.1) is 16.8 Å². The van der Waals surface area contributed by atoms with E-state index in [1.165, 1.54) is 11.8 Å².